The number of hydrogen-bond acceptors (Lipinski definition) is 10. The quantitative estimate of drug-likeness (QED) is 0.386. The first kappa shape index (κ1) is 17.1. The highest BCUT2D eigenvalue weighted by Gasteiger charge is 2.60. The lowest BCUT2D eigenvalue weighted by Gasteiger charge is -2.28. The Labute approximate surface area is 149 Å². The Balaban J connectivity index is 1.72. The number of aliphatic hydroxyl groups is 2. The normalized spacial score (nSPS) is 30.6. The molecule has 1 saturated heterocycles. The van der Waals surface area contributed by atoms with Crippen molar-refractivity contribution < 1.29 is 39.5 Å². The monoisotopic (exact) mass is 379 g/mol. The van der Waals surface area contributed by atoms with Gasteiger partial charge in [-0.2, -0.15) is 0 Å². The molecule has 0 saturated carbocycles. The van der Waals surface area contributed by atoms with Crippen LogP contribution in [-0.2, 0) is 19.1 Å². The number of anilines is 1. The molecule has 0 spiro atoms. The lowest BCUT2D eigenvalue weighted by molar-refractivity contribution is -0.190. The van der Waals surface area contributed by atoms with Gasteiger partial charge < -0.3 is 35.6 Å². The van der Waals surface area contributed by atoms with Crippen molar-refractivity contribution >= 4 is 28.9 Å². The Morgan fingerprint density at radius 3 is 2.67 bits per heavy atom. The smallest absolute Gasteiger partial charge is 0.343 e. The lowest BCUT2D eigenvalue weighted by atomic mass is 9.97. The van der Waals surface area contributed by atoms with Crippen molar-refractivity contribution in [3.8, 4) is 0 Å². The number of nitrogens with zero attached hydrogens (tertiary/aromatic N) is 4. The number of ether oxygens (including phenoxy) is 2. The predicted octanol–water partition coefficient (Wildman–Crippen LogP) is -2.15. The minimum atomic E-state index is -2.58. The fourth-order valence-electron chi connectivity index (χ4n) is 3.13. The molecule has 2 aliphatic rings. The molecule has 2 aromatic heterocycles. The zero-order valence-corrected chi connectivity index (χ0v) is 13.3. The molecule has 0 radical (unpaired) electrons. The number of carboxylic acid groups (broad SMARTS) is 2. The Kier molecular flexibility index (Phi) is 3.56. The number of rotatable bonds is 4. The average Bonchev–Trinajstić information content (AvgIpc) is 3.28. The van der Waals surface area contributed by atoms with E-state index in [-0.39, 0.29) is 22.7 Å². The highest BCUT2D eigenvalue weighted by Crippen LogP contribution is 2.44. The molecule has 2 aromatic rings. The summed E-state index contributed by atoms with van der Waals surface area (Å²) in [5.74, 6) is -3.54. The van der Waals surface area contributed by atoms with Gasteiger partial charge in [-0.25, -0.2) is 24.5 Å². The molecule has 142 valence electrons. The van der Waals surface area contributed by atoms with E-state index in [9.17, 15) is 24.9 Å². The number of imidazole rings is 1. The molecule has 0 amide bonds. The second kappa shape index (κ2) is 5.60. The highest BCUT2D eigenvalue weighted by atomic mass is 16.6. The third kappa shape index (κ3) is 2.26. The van der Waals surface area contributed by atoms with Gasteiger partial charge in [-0.15, -0.1) is 0 Å². The summed E-state index contributed by atoms with van der Waals surface area (Å²) < 4.78 is 12.2. The van der Waals surface area contributed by atoms with Gasteiger partial charge in [0.2, 0.25) is 11.8 Å². The van der Waals surface area contributed by atoms with Crippen LogP contribution in [0.4, 0.5) is 5.82 Å². The van der Waals surface area contributed by atoms with E-state index in [2.05, 4.69) is 15.0 Å². The molecular weight excluding hydrogens is 366 g/mol. The van der Waals surface area contributed by atoms with Crippen LogP contribution in [0.1, 0.15) is 6.23 Å². The molecule has 4 rings (SSSR count). The SMILES string of the molecule is Nc1ncnc2c1ncn2[C@@H]1OC2=C[C@@](C(=O)O)(C(O)C(=O)O)O[C@H]2[C@H]1O. The van der Waals surface area contributed by atoms with Crippen molar-refractivity contribution in [1.82, 2.24) is 19.5 Å². The maximum absolute atomic E-state index is 11.6. The average molecular weight is 379 g/mol. The fourth-order valence-corrected chi connectivity index (χ4v) is 3.13. The van der Waals surface area contributed by atoms with Gasteiger partial charge in [0.25, 0.3) is 0 Å². The summed E-state index contributed by atoms with van der Waals surface area (Å²) in [6.45, 7) is 0. The molecule has 1 fully saturated rings. The number of hydrogen-bond donors (Lipinski definition) is 5. The predicted molar refractivity (Wildman–Crippen MR) is 82.8 cm³/mol. The molecule has 5 atom stereocenters. The number of nitrogens with two attached hydrogens (primary N) is 1. The van der Waals surface area contributed by atoms with Crippen molar-refractivity contribution in [3.63, 3.8) is 0 Å². The van der Waals surface area contributed by atoms with Gasteiger partial charge in [0.1, 0.15) is 36.1 Å². The third-order valence-electron chi connectivity index (χ3n) is 4.45. The summed E-state index contributed by atoms with van der Waals surface area (Å²) in [6.07, 6.45) is -2.89. The Morgan fingerprint density at radius 1 is 1.30 bits per heavy atom. The summed E-state index contributed by atoms with van der Waals surface area (Å²) in [4.78, 5) is 34.5. The van der Waals surface area contributed by atoms with Crippen molar-refractivity contribution in [2.45, 2.75) is 30.1 Å². The van der Waals surface area contributed by atoms with Crippen LogP contribution in [0, 0.1) is 0 Å². The van der Waals surface area contributed by atoms with E-state index < -0.39 is 42.1 Å². The molecule has 13 nitrogen and oxygen atoms in total. The molecule has 6 N–H and O–H groups in total. The van der Waals surface area contributed by atoms with Crippen LogP contribution in [0.25, 0.3) is 11.2 Å². The minimum Gasteiger partial charge on any atom is -0.479 e. The topological polar surface area (TPSA) is 203 Å². The molecular formula is C14H13N5O8. The van der Waals surface area contributed by atoms with E-state index in [0.717, 1.165) is 6.08 Å². The number of fused-ring (bicyclic) bond motifs is 2. The van der Waals surface area contributed by atoms with Crippen LogP contribution in [0.2, 0.25) is 0 Å². The van der Waals surface area contributed by atoms with Crippen LogP contribution < -0.4 is 5.73 Å². The second-order valence-corrected chi connectivity index (χ2v) is 6.01. The van der Waals surface area contributed by atoms with Crippen LogP contribution in [0.3, 0.4) is 0 Å². The van der Waals surface area contributed by atoms with Crippen LogP contribution >= 0.6 is 0 Å². The van der Waals surface area contributed by atoms with Gasteiger partial charge in [0.05, 0.1) is 0 Å². The van der Waals surface area contributed by atoms with Gasteiger partial charge in [0, 0.05) is 6.08 Å². The number of aliphatic carboxylic acids is 2. The maximum Gasteiger partial charge on any atom is 0.343 e. The standard InChI is InChI=1S/C14H13N5O8/c15-9-5-10(17-2-16-9)19(3-18-5)11-6(20)7-4(26-11)1-14(27-7,13(24)25)8(21)12(22)23/h1-3,6-8,11,20-21H,(H,22,23)(H,24,25)(H2,15,16,17)/t6-,7-,8?,11-,14+/m1/s1. The van der Waals surface area contributed by atoms with Gasteiger partial charge >= 0.3 is 11.9 Å². The number of aromatic nitrogens is 4. The van der Waals surface area contributed by atoms with E-state index in [4.69, 9.17) is 20.3 Å². The number of nitrogen functional groups attached to an aromatic ring is 1. The van der Waals surface area contributed by atoms with E-state index >= 15 is 0 Å². The molecule has 4 heterocycles. The summed E-state index contributed by atoms with van der Waals surface area (Å²) in [6, 6.07) is 0. The lowest BCUT2D eigenvalue weighted by Crippen LogP contribution is -2.54. The summed E-state index contributed by atoms with van der Waals surface area (Å²) in [7, 11) is 0. The zero-order chi connectivity index (χ0) is 19.5. The van der Waals surface area contributed by atoms with Crippen molar-refractivity contribution in [3.05, 3.63) is 24.5 Å². The van der Waals surface area contributed by atoms with Crippen LogP contribution in [0.15, 0.2) is 24.5 Å². The molecule has 1 unspecified atom stereocenters. The molecule has 27 heavy (non-hydrogen) atoms. The Hall–Kier alpha value is -3.29. The first-order valence-electron chi connectivity index (χ1n) is 7.59. The van der Waals surface area contributed by atoms with Crippen molar-refractivity contribution in [2.75, 3.05) is 5.73 Å². The van der Waals surface area contributed by atoms with Crippen LogP contribution in [-0.4, -0.2) is 75.8 Å². The summed E-state index contributed by atoms with van der Waals surface area (Å²) in [5, 5.41) is 38.7. The van der Waals surface area contributed by atoms with E-state index in [0.29, 0.717) is 0 Å². The van der Waals surface area contributed by atoms with Gasteiger partial charge in [-0.1, -0.05) is 0 Å². The Morgan fingerprint density at radius 2 is 2.04 bits per heavy atom. The van der Waals surface area contributed by atoms with Gasteiger partial charge in [-0.05, 0) is 0 Å². The molecule has 0 aliphatic carbocycles. The fraction of sp³-hybridized carbons (Fsp3) is 0.357. The van der Waals surface area contributed by atoms with Crippen molar-refractivity contribution in [2.24, 2.45) is 0 Å². The maximum atomic E-state index is 11.6. The summed E-state index contributed by atoms with van der Waals surface area (Å²) in [5.41, 5.74) is 3.67. The Bertz CT molecular complexity index is 989. The number of aliphatic hydroxyl groups excluding tert-OH is 2. The highest BCUT2D eigenvalue weighted by molar-refractivity contribution is 5.90. The number of carbonyl (C=O) groups is 2. The van der Waals surface area contributed by atoms with Gasteiger partial charge in [0.15, 0.2) is 17.6 Å². The zero-order valence-electron chi connectivity index (χ0n) is 13.3. The largest absolute Gasteiger partial charge is 0.479 e. The molecule has 0 aromatic carbocycles. The van der Waals surface area contributed by atoms with E-state index in [1.165, 1.54) is 17.2 Å². The summed E-state index contributed by atoms with van der Waals surface area (Å²) >= 11 is 0. The van der Waals surface area contributed by atoms with E-state index in [1.807, 2.05) is 0 Å². The first-order chi connectivity index (χ1) is 12.8. The molecule has 2 aliphatic heterocycles. The number of carboxylic acids is 2. The first-order valence-corrected chi connectivity index (χ1v) is 7.59. The molecule has 13 heteroatoms. The second-order valence-electron chi connectivity index (χ2n) is 6.01. The van der Waals surface area contributed by atoms with Crippen LogP contribution in [0.5, 0.6) is 0 Å². The van der Waals surface area contributed by atoms with E-state index in [1.54, 1.807) is 0 Å². The van der Waals surface area contributed by atoms with Crippen molar-refractivity contribution in [1.29, 1.82) is 0 Å². The third-order valence-corrected chi connectivity index (χ3v) is 4.45. The minimum absolute atomic E-state index is 0.122. The molecule has 0 bridgehead atoms. The van der Waals surface area contributed by atoms with Gasteiger partial charge in [-0.3, -0.25) is 4.57 Å².